The quantitative estimate of drug-likeness (QED) is 0.436. The largest absolute Gasteiger partial charge is 0.330 e. The van der Waals surface area contributed by atoms with E-state index in [1.807, 2.05) is 0 Å². The minimum Gasteiger partial charge on any atom is -0.330 e. The van der Waals surface area contributed by atoms with Crippen molar-refractivity contribution in [1.82, 2.24) is 5.32 Å². The smallest absolute Gasteiger partial charge is 0.0137 e. The van der Waals surface area contributed by atoms with Crippen LogP contribution in [-0.4, -0.2) is 19.6 Å². The summed E-state index contributed by atoms with van der Waals surface area (Å²) >= 11 is 0. The molecule has 20 heavy (non-hydrogen) atoms. The lowest BCUT2D eigenvalue weighted by atomic mass is 10.1. The monoisotopic (exact) mass is 278 g/mol. The molecule has 0 aliphatic rings. The van der Waals surface area contributed by atoms with E-state index in [0.29, 0.717) is 0 Å². The van der Waals surface area contributed by atoms with E-state index < -0.39 is 0 Å². The van der Waals surface area contributed by atoms with Crippen LogP contribution >= 0.6 is 0 Å². The molecule has 0 saturated heterocycles. The molecule has 2 heteroatoms. The Kier molecular flexibility index (Phi) is 12.6. The van der Waals surface area contributed by atoms with Crippen LogP contribution in [0.5, 0.6) is 0 Å². The summed E-state index contributed by atoms with van der Waals surface area (Å²) in [5.74, 6) is 0. The van der Waals surface area contributed by atoms with Gasteiger partial charge < -0.3 is 11.1 Å². The summed E-state index contributed by atoms with van der Waals surface area (Å²) < 4.78 is 0. The summed E-state index contributed by atoms with van der Waals surface area (Å²) in [4.78, 5) is 0. The number of nitrogens with one attached hydrogen (secondary N) is 1. The Morgan fingerprint density at radius 1 is 0.900 bits per heavy atom. The Morgan fingerprint density at radius 2 is 1.50 bits per heavy atom. The molecule has 0 rings (SSSR count). The van der Waals surface area contributed by atoms with Crippen molar-refractivity contribution >= 4 is 0 Å². The van der Waals surface area contributed by atoms with Gasteiger partial charge in [-0.2, -0.15) is 0 Å². The van der Waals surface area contributed by atoms with Gasteiger partial charge in [-0.3, -0.25) is 0 Å². The normalized spacial score (nSPS) is 12.7. The van der Waals surface area contributed by atoms with Gasteiger partial charge >= 0.3 is 0 Å². The maximum atomic E-state index is 5.45. The standard InChI is InChI=1S/C18H34N2/c1-16(2)8-5-9-17(3)10-6-11-18(4)12-15-20-14-7-13-19/h8,10,12,20H,5-7,9,11,13-15,19H2,1-4H3/b17-10-,18-12?. The van der Waals surface area contributed by atoms with Gasteiger partial charge in [0.25, 0.3) is 0 Å². The molecule has 116 valence electrons. The van der Waals surface area contributed by atoms with Crippen molar-refractivity contribution in [2.75, 3.05) is 19.6 Å². The van der Waals surface area contributed by atoms with Crippen LogP contribution in [0, 0.1) is 0 Å². The minimum absolute atomic E-state index is 0.770. The Labute approximate surface area is 126 Å². The maximum absolute atomic E-state index is 5.45. The highest BCUT2D eigenvalue weighted by Crippen LogP contribution is 2.11. The van der Waals surface area contributed by atoms with Gasteiger partial charge in [0.15, 0.2) is 0 Å². The van der Waals surface area contributed by atoms with Crippen LogP contribution in [0.1, 0.15) is 59.8 Å². The van der Waals surface area contributed by atoms with Gasteiger partial charge in [0.2, 0.25) is 0 Å². The molecule has 0 radical (unpaired) electrons. The summed E-state index contributed by atoms with van der Waals surface area (Å²) in [5.41, 5.74) is 9.85. The first-order valence-electron chi connectivity index (χ1n) is 7.91. The number of rotatable bonds is 11. The molecule has 0 aromatic rings. The second-order valence-electron chi connectivity index (χ2n) is 5.81. The van der Waals surface area contributed by atoms with Gasteiger partial charge in [0.1, 0.15) is 0 Å². The SMILES string of the molecule is CC(C)=CCC/C(C)=C\CCC(C)=CCNCCCN. The third kappa shape index (κ3) is 13.6. The molecule has 0 fully saturated rings. The van der Waals surface area contributed by atoms with E-state index in [0.717, 1.165) is 32.5 Å². The first-order valence-corrected chi connectivity index (χ1v) is 7.91. The Morgan fingerprint density at radius 3 is 2.10 bits per heavy atom. The molecule has 0 aliphatic heterocycles. The van der Waals surface area contributed by atoms with Crippen molar-refractivity contribution < 1.29 is 0 Å². The first-order chi connectivity index (χ1) is 9.56. The van der Waals surface area contributed by atoms with E-state index in [2.05, 4.69) is 51.2 Å². The lowest BCUT2D eigenvalue weighted by Crippen LogP contribution is -2.18. The van der Waals surface area contributed by atoms with Crippen molar-refractivity contribution in [2.24, 2.45) is 5.73 Å². The average Bonchev–Trinajstić information content (AvgIpc) is 2.38. The highest BCUT2D eigenvalue weighted by Gasteiger charge is 1.92. The van der Waals surface area contributed by atoms with Crippen LogP contribution in [0.2, 0.25) is 0 Å². The van der Waals surface area contributed by atoms with Crippen molar-refractivity contribution in [3.05, 3.63) is 34.9 Å². The molecule has 2 nitrogen and oxygen atoms in total. The minimum atomic E-state index is 0.770. The highest BCUT2D eigenvalue weighted by molar-refractivity contribution is 5.05. The summed E-state index contributed by atoms with van der Waals surface area (Å²) in [6.07, 6.45) is 12.7. The van der Waals surface area contributed by atoms with Gasteiger partial charge in [-0.1, -0.05) is 34.9 Å². The predicted octanol–water partition coefficient (Wildman–Crippen LogP) is 4.34. The molecule has 0 aromatic heterocycles. The molecular formula is C18H34N2. The van der Waals surface area contributed by atoms with Crippen LogP contribution in [-0.2, 0) is 0 Å². The fourth-order valence-electron chi connectivity index (χ4n) is 1.91. The predicted molar refractivity (Wildman–Crippen MR) is 92.0 cm³/mol. The molecule has 0 spiro atoms. The van der Waals surface area contributed by atoms with E-state index >= 15 is 0 Å². The summed E-state index contributed by atoms with van der Waals surface area (Å²) in [6, 6.07) is 0. The molecule has 0 aromatic carbocycles. The van der Waals surface area contributed by atoms with Crippen LogP contribution in [0.4, 0.5) is 0 Å². The Bertz CT molecular complexity index is 320. The highest BCUT2D eigenvalue weighted by atomic mass is 14.8. The zero-order valence-corrected chi connectivity index (χ0v) is 14.0. The van der Waals surface area contributed by atoms with E-state index in [-0.39, 0.29) is 0 Å². The summed E-state index contributed by atoms with van der Waals surface area (Å²) in [5, 5.41) is 3.38. The Hall–Kier alpha value is -0.860. The van der Waals surface area contributed by atoms with E-state index in [1.165, 1.54) is 36.0 Å². The van der Waals surface area contributed by atoms with Crippen LogP contribution in [0.3, 0.4) is 0 Å². The van der Waals surface area contributed by atoms with Crippen LogP contribution in [0.25, 0.3) is 0 Å². The molecule has 0 heterocycles. The molecular weight excluding hydrogens is 244 g/mol. The lowest BCUT2D eigenvalue weighted by molar-refractivity contribution is 0.697. The van der Waals surface area contributed by atoms with E-state index in [4.69, 9.17) is 5.73 Å². The molecule has 0 atom stereocenters. The van der Waals surface area contributed by atoms with Crippen molar-refractivity contribution in [3.63, 3.8) is 0 Å². The third-order valence-corrected chi connectivity index (χ3v) is 3.28. The second kappa shape index (κ2) is 13.1. The van der Waals surface area contributed by atoms with Gasteiger partial charge in [0.05, 0.1) is 0 Å². The van der Waals surface area contributed by atoms with Gasteiger partial charge in [-0.05, 0) is 72.9 Å². The van der Waals surface area contributed by atoms with Gasteiger partial charge in [-0.15, -0.1) is 0 Å². The fraction of sp³-hybridized carbons (Fsp3) is 0.667. The molecule has 0 unspecified atom stereocenters. The maximum Gasteiger partial charge on any atom is 0.0137 e. The zero-order chi connectivity index (χ0) is 15.2. The zero-order valence-electron chi connectivity index (χ0n) is 14.0. The molecule has 0 aliphatic carbocycles. The van der Waals surface area contributed by atoms with Gasteiger partial charge in [0, 0.05) is 6.54 Å². The molecule has 3 N–H and O–H groups in total. The van der Waals surface area contributed by atoms with Crippen LogP contribution < -0.4 is 11.1 Å². The lowest BCUT2D eigenvalue weighted by Gasteiger charge is -2.03. The fourth-order valence-corrected chi connectivity index (χ4v) is 1.91. The topological polar surface area (TPSA) is 38.0 Å². The summed E-state index contributed by atoms with van der Waals surface area (Å²) in [7, 11) is 0. The van der Waals surface area contributed by atoms with Gasteiger partial charge in [-0.25, -0.2) is 0 Å². The Balaban J connectivity index is 3.74. The molecule has 0 bridgehead atoms. The second-order valence-corrected chi connectivity index (χ2v) is 5.81. The average molecular weight is 278 g/mol. The number of nitrogens with two attached hydrogens (primary N) is 1. The number of hydrogen-bond donors (Lipinski definition) is 2. The first kappa shape index (κ1) is 19.1. The third-order valence-electron chi connectivity index (χ3n) is 3.28. The number of allylic oxidation sites excluding steroid dienone is 5. The van der Waals surface area contributed by atoms with Crippen LogP contribution in [0.15, 0.2) is 34.9 Å². The van der Waals surface area contributed by atoms with Crippen molar-refractivity contribution in [2.45, 2.75) is 59.8 Å². The van der Waals surface area contributed by atoms with E-state index in [9.17, 15) is 0 Å². The summed E-state index contributed by atoms with van der Waals surface area (Å²) in [6.45, 7) is 11.5. The van der Waals surface area contributed by atoms with Crippen molar-refractivity contribution in [1.29, 1.82) is 0 Å². The number of hydrogen-bond acceptors (Lipinski definition) is 2. The molecule has 0 amide bonds. The van der Waals surface area contributed by atoms with Crippen molar-refractivity contribution in [3.8, 4) is 0 Å². The molecule has 0 saturated carbocycles. The van der Waals surface area contributed by atoms with E-state index in [1.54, 1.807) is 0 Å².